The van der Waals surface area contributed by atoms with Crippen LogP contribution in [-0.2, 0) is 9.84 Å². The molecule has 0 fully saturated rings. The maximum absolute atomic E-state index is 12.4. The Balaban J connectivity index is 2.91. The van der Waals surface area contributed by atoms with Crippen molar-refractivity contribution < 1.29 is 8.42 Å². The van der Waals surface area contributed by atoms with Gasteiger partial charge in [-0.3, -0.25) is 0 Å². The Bertz CT molecular complexity index is 500. The van der Waals surface area contributed by atoms with Gasteiger partial charge in [-0.2, -0.15) is 0 Å². The van der Waals surface area contributed by atoms with Crippen LogP contribution in [0.15, 0.2) is 29.2 Å². The molecule has 1 aromatic carbocycles. The lowest BCUT2D eigenvalue weighted by Gasteiger charge is -2.22. The van der Waals surface area contributed by atoms with E-state index in [9.17, 15) is 8.42 Å². The molecular formula is C14H22ClNO2S. The van der Waals surface area contributed by atoms with Gasteiger partial charge in [0.25, 0.3) is 0 Å². The summed E-state index contributed by atoms with van der Waals surface area (Å²) in [5.74, 6) is 0.331. The largest absolute Gasteiger partial charge is 0.313 e. The fourth-order valence-corrected chi connectivity index (χ4v) is 4.13. The number of nitrogens with one attached hydrogen (secondary N) is 1. The first kappa shape index (κ1) is 16.5. The lowest BCUT2D eigenvalue weighted by atomic mass is 10.1. The van der Waals surface area contributed by atoms with Gasteiger partial charge in [0.2, 0.25) is 0 Å². The third-order valence-electron chi connectivity index (χ3n) is 3.03. The predicted octanol–water partition coefficient (Wildman–Crippen LogP) is 3.14. The second-order valence-corrected chi connectivity index (χ2v) is 7.43. The van der Waals surface area contributed by atoms with Gasteiger partial charge in [0.1, 0.15) is 0 Å². The standard InChI is InChI=1S/C14H22ClNO2S/c1-4-9-16-13(11(2)3)10-19(17,18)14-8-6-5-7-12(14)15/h5-8,11,13,16H,4,9-10H2,1-3H3. The number of hydrogen-bond donors (Lipinski definition) is 1. The minimum absolute atomic E-state index is 0.0544. The molecule has 3 nitrogen and oxygen atoms in total. The fraction of sp³-hybridized carbons (Fsp3) is 0.571. The molecule has 0 aliphatic carbocycles. The maximum Gasteiger partial charge on any atom is 0.181 e. The SMILES string of the molecule is CCCNC(CS(=O)(=O)c1ccccc1Cl)C(C)C. The lowest BCUT2D eigenvalue weighted by Crippen LogP contribution is -2.40. The Morgan fingerprint density at radius 1 is 1.26 bits per heavy atom. The predicted molar refractivity (Wildman–Crippen MR) is 80.4 cm³/mol. The molecule has 0 aliphatic rings. The van der Waals surface area contributed by atoms with Crippen molar-refractivity contribution >= 4 is 21.4 Å². The molecule has 0 radical (unpaired) electrons. The molecule has 0 heterocycles. The summed E-state index contributed by atoms with van der Waals surface area (Å²) < 4.78 is 24.8. The average molecular weight is 304 g/mol. The van der Waals surface area contributed by atoms with Crippen LogP contribution in [0.25, 0.3) is 0 Å². The van der Waals surface area contributed by atoms with Crippen LogP contribution in [0.5, 0.6) is 0 Å². The van der Waals surface area contributed by atoms with Crippen LogP contribution >= 0.6 is 11.6 Å². The summed E-state index contributed by atoms with van der Waals surface area (Å²) in [5.41, 5.74) is 0. The third kappa shape index (κ3) is 4.79. The molecule has 1 atom stereocenters. The lowest BCUT2D eigenvalue weighted by molar-refractivity contribution is 0.426. The van der Waals surface area contributed by atoms with E-state index in [4.69, 9.17) is 11.6 Å². The Hall–Kier alpha value is -0.580. The first-order chi connectivity index (χ1) is 8.88. The van der Waals surface area contributed by atoms with Crippen LogP contribution in [0.1, 0.15) is 27.2 Å². The first-order valence-electron chi connectivity index (χ1n) is 6.59. The molecule has 1 unspecified atom stereocenters. The minimum atomic E-state index is -3.36. The highest BCUT2D eigenvalue weighted by Crippen LogP contribution is 2.23. The Morgan fingerprint density at radius 2 is 1.89 bits per heavy atom. The summed E-state index contributed by atoms with van der Waals surface area (Å²) in [6, 6.07) is 6.55. The van der Waals surface area contributed by atoms with Crippen molar-refractivity contribution in [3.8, 4) is 0 Å². The second-order valence-electron chi connectivity index (χ2n) is 5.02. The highest BCUT2D eigenvalue weighted by Gasteiger charge is 2.24. The number of hydrogen-bond acceptors (Lipinski definition) is 3. The van der Waals surface area contributed by atoms with Crippen molar-refractivity contribution in [3.05, 3.63) is 29.3 Å². The minimum Gasteiger partial charge on any atom is -0.313 e. The number of benzene rings is 1. The average Bonchev–Trinajstić information content (AvgIpc) is 2.34. The number of sulfone groups is 1. The molecule has 0 spiro atoms. The van der Waals surface area contributed by atoms with Crippen LogP contribution in [-0.4, -0.2) is 26.8 Å². The van der Waals surface area contributed by atoms with E-state index >= 15 is 0 Å². The molecule has 1 rings (SSSR count). The normalized spacial score (nSPS) is 13.7. The van der Waals surface area contributed by atoms with Crippen LogP contribution in [0.4, 0.5) is 0 Å². The molecule has 108 valence electrons. The van der Waals surface area contributed by atoms with Crippen LogP contribution in [0, 0.1) is 5.92 Å². The zero-order valence-electron chi connectivity index (χ0n) is 11.7. The van der Waals surface area contributed by atoms with Crippen molar-refractivity contribution in [1.29, 1.82) is 0 Å². The van der Waals surface area contributed by atoms with Crippen molar-refractivity contribution in [2.24, 2.45) is 5.92 Å². The van der Waals surface area contributed by atoms with Crippen LogP contribution in [0.3, 0.4) is 0 Å². The number of halogens is 1. The van der Waals surface area contributed by atoms with E-state index in [2.05, 4.69) is 12.2 Å². The maximum atomic E-state index is 12.4. The Labute approximate surface area is 121 Å². The van der Waals surface area contributed by atoms with E-state index < -0.39 is 9.84 Å². The summed E-state index contributed by atoms with van der Waals surface area (Å²) in [7, 11) is -3.36. The topological polar surface area (TPSA) is 46.2 Å². The van der Waals surface area contributed by atoms with Crippen LogP contribution < -0.4 is 5.32 Å². The monoisotopic (exact) mass is 303 g/mol. The van der Waals surface area contributed by atoms with E-state index in [1.165, 1.54) is 0 Å². The van der Waals surface area contributed by atoms with Crippen LogP contribution in [0.2, 0.25) is 5.02 Å². The molecule has 0 saturated heterocycles. The molecule has 19 heavy (non-hydrogen) atoms. The highest BCUT2D eigenvalue weighted by molar-refractivity contribution is 7.91. The van der Waals surface area contributed by atoms with Crippen molar-refractivity contribution in [2.75, 3.05) is 12.3 Å². The molecular weight excluding hydrogens is 282 g/mol. The van der Waals surface area contributed by atoms with E-state index in [1.54, 1.807) is 24.3 Å². The summed E-state index contributed by atoms with van der Waals surface area (Å²) in [6.45, 7) is 6.93. The molecule has 5 heteroatoms. The smallest absolute Gasteiger partial charge is 0.181 e. The molecule has 0 aromatic heterocycles. The molecule has 0 saturated carbocycles. The third-order valence-corrected chi connectivity index (χ3v) is 5.30. The van der Waals surface area contributed by atoms with Gasteiger partial charge in [0.15, 0.2) is 9.84 Å². The van der Waals surface area contributed by atoms with Gasteiger partial charge in [-0.25, -0.2) is 8.42 Å². The Kier molecular flexibility index (Phi) is 6.30. The van der Waals surface area contributed by atoms with Crippen molar-refractivity contribution in [3.63, 3.8) is 0 Å². The zero-order valence-corrected chi connectivity index (χ0v) is 13.3. The van der Waals surface area contributed by atoms with Gasteiger partial charge < -0.3 is 5.32 Å². The fourth-order valence-electron chi connectivity index (χ4n) is 1.84. The summed E-state index contributed by atoms with van der Waals surface area (Å²) >= 11 is 5.98. The highest BCUT2D eigenvalue weighted by atomic mass is 35.5. The van der Waals surface area contributed by atoms with Crippen molar-refractivity contribution in [2.45, 2.75) is 38.1 Å². The zero-order chi connectivity index (χ0) is 14.5. The van der Waals surface area contributed by atoms with Gasteiger partial charge in [0.05, 0.1) is 15.7 Å². The molecule has 1 N–H and O–H groups in total. The van der Waals surface area contributed by atoms with Crippen molar-refractivity contribution in [1.82, 2.24) is 5.32 Å². The van der Waals surface area contributed by atoms with E-state index in [-0.39, 0.29) is 22.6 Å². The summed E-state index contributed by atoms with van der Waals surface area (Å²) in [6.07, 6.45) is 0.982. The Morgan fingerprint density at radius 3 is 2.42 bits per heavy atom. The number of rotatable bonds is 7. The molecule has 0 bridgehead atoms. The van der Waals surface area contributed by atoms with E-state index in [0.29, 0.717) is 5.02 Å². The van der Waals surface area contributed by atoms with Gasteiger partial charge >= 0.3 is 0 Å². The van der Waals surface area contributed by atoms with Gasteiger partial charge in [-0.05, 0) is 31.0 Å². The molecule has 0 amide bonds. The molecule has 0 aliphatic heterocycles. The van der Waals surface area contributed by atoms with E-state index in [1.807, 2.05) is 13.8 Å². The second kappa shape index (κ2) is 7.27. The van der Waals surface area contributed by atoms with Gasteiger partial charge in [-0.15, -0.1) is 0 Å². The van der Waals surface area contributed by atoms with Gasteiger partial charge in [-0.1, -0.05) is 44.5 Å². The first-order valence-corrected chi connectivity index (χ1v) is 8.62. The summed E-state index contributed by atoms with van der Waals surface area (Å²) in [4.78, 5) is 0.223. The van der Waals surface area contributed by atoms with E-state index in [0.717, 1.165) is 13.0 Å². The molecule has 1 aromatic rings. The quantitative estimate of drug-likeness (QED) is 0.842. The van der Waals surface area contributed by atoms with Gasteiger partial charge in [0, 0.05) is 6.04 Å². The summed E-state index contributed by atoms with van der Waals surface area (Å²) in [5, 5.41) is 3.58.